The maximum Gasteiger partial charge on any atom is 0.191 e. The minimum atomic E-state index is 0. The highest BCUT2D eigenvalue weighted by Gasteiger charge is 2.05. The molecule has 0 saturated heterocycles. The summed E-state index contributed by atoms with van der Waals surface area (Å²) in [7, 11) is 4.97. The van der Waals surface area contributed by atoms with Gasteiger partial charge in [-0.05, 0) is 31.9 Å². The first-order valence-corrected chi connectivity index (χ1v) is 9.04. The molecule has 1 aromatic rings. The van der Waals surface area contributed by atoms with Gasteiger partial charge >= 0.3 is 0 Å². The number of hydrogen-bond donors (Lipinski definition) is 2. The molecule has 0 aromatic heterocycles. The third-order valence-corrected chi connectivity index (χ3v) is 3.69. The van der Waals surface area contributed by atoms with Crippen LogP contribution >= 0.6 is 24.0 Å². The van der Waals surface area contributed by atoms with Gasteiger partial charge in [-0.1, -0.05) is 0 Å². The number of nitrogens with one attached hydrogen (secondary N) is 2. The lowest BCUT2D eigenvalue weighted by Crippen LogP contribution is -2.37. The summed E-state index contributed by atoms with van der Waals surface area (Å²) < 4.78 is 21.0. The van der Waals surface area contributed by atoms with Crippen LogP contribution in [-0.2, 0) is 16.0 Å². The summed E-state index contributed by atoms with van der Waals surface area (Å²) in [6.07, 6.45) is 2.02. The van der Waals surface area contributed by atoms with Crippen molar-refractivity contribution in [2.45, 2.75) is 26.3 Å². The lowest BCUT2D eigenvalue weighted by atomic mass is 10.2. The zero-order chi connectivity index (χ0) is 19.0. The largest absolute Gasteiger partial charge is 0.497 e. The molecule has 0 aliphatic rings. The van der Waals surface area contributed by atoms with Crippen molar-refractivity contribution in [3.63, 3.8) is 0 Å². The summed E-state index contributed by atoms with van der Waals surface area (Å²) in [5.41, 5.74) is 1.01. The maximum atomic E-state index is 5.46. The Morgan fingerprint density at radius 2 is 1.81 bits per heavy atom. The van der Waals surface area contributed by atoms with Crippen LogP contribution in [0.1, 0.15) is 25.3 Å². The first-order valence-electron chi connectivity index (χ1n) is 9.04. The second kappa shape index (κ2) is 16.9. The quantitative estimate of drug-likeness (QED) is 0.190. The molecule has 0 heterocycles. The van der Waals surface area contributed by atoms with E-state index in [0.717, 1.165) is 55.6 Å². The summed E-state index contributed by atoms with van der Waals surface area (Å²) in [5, 5.41) is 6.60. The van der Waals surface area contributed by atoms with E-state index in [1.165, 1.54) is 0 Å². The summed E-state index contributed by atoms with van der Waals surface area (Å²) in [6.45, 7) is 6.28. The topological polar surface area (TPSA) is 73.3 Å². The minimum Gasteiger partial charge on any atom is -0.497 e. The monoisotopic (exact) mass is 495 g/mol. The Hall–Kier alpha value is -1.26. The number of nitrogens with zero attached hydrogens (tertiary/aromatic N) is 1. The average Bonchev–Trinajstić information content (AvgIpc) is 2.67. The molecule has 0 atom stereocenters. The molecule has 1 aromatic carbocycles. The van der Waals surface area contributed by atoms with Crippen LogP contribution in [0, 0.1) is 0 Å². The van der Waals surface area contributed by atoms with Crippen LogP contribution < -0.4 is 20.1 Å². The van der Waals surface area contributed by atoms with Crippen molar-refractivity contribution in [3.8, 4) is 11.5 Å². The van der Waals surface area contributed by atoms with Gasteiger partial charge in [0.25, 0.3) is 0 Å². The standard InChI is InChI=1S/C19H33N3O4.HI/c1-5-20-19(21-10-6-7-11-26-13-12-23-2)22-15-16-8-9-17(24-3)14-18(16)25-4;/h8-9,14H,5-7,10-13,15H2,1-4H3,(H2,20,21,22);1H. The van der Waals surface area contributed by atoms with Gasteiger partial charge in [0.1, 0.15) is 11.5 Å². The fraction of sp³-hybridized carbons (Fsp3) is 0.632. The number of aliphatic imine (C=N–C) groups is 1. The zero-order valence-electron chi connectivity index (χ0n) is 16.9. The summed E-state index contributed by atoms with van der Waals surface area (Å²) in [5.74, 6) is 2.34. The maximum absolute atomic E-state index is 5.46. The van der Waals surface area contributed by atoms with Crippen LogP contribution in [0.2, 0.25) is 0 Å². The number of rotatable bonds is 13. The molecule has 0 aliphatic carbocycles. The molecule has 0 fully saturated rings. The fourth-order valence-corrected chi connectivity index (χ4v) is 2.27. The molecule has 7 nitrogen and oxygen atoms in total. The first-order chi connectivity index (χ1) is 12.7. The molecular weight excluding hydrogens is 461 g/mol. The van der Waals surface area contributed by atoms with Crippen LogP contribution in [0.15, 0.2) is 23.2 Å². The van der Waals surface area contributed by atoms with E-state index >= 15 is 0 Å². The molecule has 156 valence electrons. The molecule has 27 heavy (non-hydrogen) atoms. The van der Waals surface area contributed by atoms with Crippen LogP contribution in [0.3, 0.4) is 0 Å². The third kappa shape index (κ3) is 11.2. The lowest BCUT2D eigenvalue weighted by molar-refractivity contribution is 0.0689. The Bertz CT molecular complexity index is 530. The normalized spacial score (nSPS) is 10.9. The van der Waals surface area contributed by atoms with Gasteiger partial charge in [-0.25, -0.2) is 4.99 Å². The van der Waals surface area contributed by atoms with E-state index in [1.54, 1.807) is 21.3 Å². The predicted octanol–water partition coefficient (Wildman–Crippen LogP) is 2.82. The Balaban J connectivity index is 0.00000676. The number of unbranched alkanes of at least 4 members (excludes halogenated alkanes) is 1. The number of ether oxygens (including phenoxy) is 4. The van der Waals surface area contributed by atoms with Gasteiger partial charge in [0, 0.05) is 38.4 Å². The van der Waals surface area contributed by atoms with E-state index < -0.39 is 0 Å². The van der Waals surface area contributed by atoms with Gasteiger partial charge in [0.2, 0.25) is 0 Å². The first kappa shape index (κ1) is 25.7. The lowest BCUT2D eigenvalue weighted by Gasteiger charge is -2.13. The molecule has 0 spiro atoms. The molecule has 8 heteroatoms. The Morgan fingerprint density at radius 1 is 1.00 bits per heavy atom. The molecule has 0 amide bonds. The second-order valence-corrected chi connectivity index (χ2v) is 5.61. The number of benzene rings is 1. The molecule has 0 aliphatic heterocycles. The zero-order valence-corrected chi connectivity index (χ0v) is 19.2. The van der Waals surface area contributed by atoms with Crippen LogP contribution in [0.5, 0.6) is 11.5 Å². The molecular formula is C19H34IN3O4. The Labute approximate surface area is 180 Å². The van der Waals surface area contributed by atoms with E-state index in [0.29, 0.717) is 19.8 Å². The number of methoxy groups -OCH3 is 3. The van der Waals surface area contributed by atoms with Crippen LogP contribution in [-0.4, -0.2) is 60.2 Å². The molecule has 0 unspecified atom stereocenters. The van der Waals surface area contributed by atoms with Crippen molar-refractivity contribution in [1.82, 2.24) is 10.6 Å². The SMILES string of the molecule is CCNC(=NCc1ccc(OC)cc1OC)NCCCCOCCOC.I. The number of halogens is 1. The second-order valence-electron chi connectivity index (χ2n) is 5.61. The molecule has 0 saturated carbocycles. The van der Waals surface area contributed by atoms with Gasteiger partial charge in [-0.3, -0.25) is 0 Å². The van der Waals surface area contributed by atoms with Crippen molar-refractivity contribution in [3.05, 3.63) is 23.8 Å². The predicted molar refractivity (Wildman–Crippen MR) is 120 cm³/mol. The molecule has 0 radical (unpaired) electrons. The van der Waals surface area contributed by atoms with Gasteiger partial charge < -0.3 is 29.6 Å². The highest BCUT2D eigenvalue weighted by atomic mass is 127. The van der Waals surface area contributed by atoms with Crippen molar-refractivity contribution < 1.29 is 18.9 Å². The van der Waals surface area contributed by atoms with Gasteiger partial charge in [0.15, 0.2) is 5.96 Å². The molecule has 2 N–H and O–H groups in total. The summed E-state index contributed by atoms with van der Waals surface area (Å²) in [4.78, 5) is 4.63. The summed E-state index contributed by atoms with van der Waals surface area (Å²) >= 11 is 0. The van der Waals surface area contributed by atoms with Crippen molar-refractivity contribution in [2.75, 3.05) is 54.2 Å². The number of hydrogen-bond acceptors (Lipinski definition) is 5. The van der Waals surface area contributed by atoms with Gasteiger partial charge in [-0.15, -0.1) is 24.0 Å². The van der Waals surface area contributed by atoms with E-state index in [9.17, 15) is 0 Å². The fourth-order valence-electron chi connectivity index (χ4n) is 2.27. The van der Waals surface area contributed by atoms with Gasteiger partial charge in [-0.2, -0.15) is 0 Å². The Morgan fingerprint density at radius 3 is 2.48 bits per heavy atom. The highest BCUT2D eigenvalue weighted by molar-refractivity contribution is 14.0. The van der Waals surface area contributed by atoms with Crippen LogP contribution in [0.4, 0.5) is 0 Å². The highest BCUT2D eigenvalue weighted by Crippen LogP contribution is 2.25. The third-order valence-electron chi connectivity index (χ3n) is 3.69. The van der Waals surface area contributed by atoms with Gasteiger partial charge in [0.05, 0.1) is 34.0 Å². The number of guanidine groups is 1. The van der Waals surface area contributed by atoms with E-state index in [4.69, 9.17) is 18.9 Å². The minimum absolute atomic E-state index is 0. The molecule has 0 bridgehead atoms. The average molecular weight is 495 g/mol. The smallest absolute Gasteiger partial charge is 0.191 e. The van der Waals surface area contributed by atoms with E-state index in [1.807, 2.05) is 18.2 Å². The van der Waals surface area contributed by atoms with Crippen molar-refractivity contribution >= 4 is 29.9 Å². The Kier molecular flexibility index (Phi) is 16.1. The summed E-state index contributed by atoms with van der Waals surface area (Å²) in [6, 6.07) is 5.76. The van der Waals surface area contributed by atoms with Crippen LogP contribution in [0.25, 0.3) is 0 Å². The van der Waals surface area contributed by atoms with Crippen molar-refractivity contribution in [1.29, 1.82) is 0 Å². The molecule has 1 rings (SSSR count). The van der Waals surface area contributed by atoms with Crippen molar-refractivity contribution in [2.24, 2.45) is 4.99 Å². The van der Waals surface area contributed by atoms with E-state index in [2.05, 4.69) is 22.5 Å². The van der Waals surface area contributed by atoms with E-state index in [-0.39, 0.29) is 24.0 Å².